The Labute approximate surface area is 303 Å². The number of amides is 2. The molecule has 2 heterocycles. The zero-order valence-electron chi connectivity index (χ0n) is 28.6. The van der Waals surface area contributed by atoms with Gasteiger partial charge >= 0.3 is 12.4 Å². The van der Waals surface area contributed by atoms with Gasteiger partial charge in [-0.25, -0.2) is 9.35 Å². The lowest BCUT2D eigenvalue weighted by molar-refractivity contribution is -0.138. The number of halogens is 6. The molecule has 16 heteroatoms. The molecule has 0 bridgehead atoms. The van der Waals surface area contributed by atoms with Crippen LogP contribution in [0.4, 0.5) is 26.3 Å². The van der Waals surface area contributed by atoms with Gasteiger partial charge in [-0.3, -0.25) is 30.0 Å². The molecule has 0 unspecified atom stereocenters. The Balaban J connectivity index is 0.000000208. The van der Waals surface area contributed by atoms with Gasteiger partial charge in [0.2, 0.25) is 11.6 Å². The van der Waals surface area contributed by atoms with Crippen LogP contribution in [-0.4, -0.2) is 45.8 Å². The van der Waals surface area contributed by atoms with Gasteiger partial charge in [0.05, 0.1) is 35.2 Å². The molecule has 0 aliphatic carbocycles. The molecular formula is C38H32F6N6O4. The Bertz CT molecular complexity index is 2240. The van der Waals surface area contributed by atoms with Gasteiger partial charge in [-0.1, -0.05) is 72.8 Å². The van der Waals surface area contributed by atoms with Gasteiger partial charge in [-0.05, 0) is 49.2 Å². The van der Waals surface area contributed by atoms with Crippen molar-refractivity contribution in [3.8, 4) is 0 Å². The molecule has 0 radical (unpaired) electrons. The van der Waals surface area contributed by atoms with Gasteiger partial charge < -0.3 is 11.5 Å². The van der Waals surface area contributed by atoms with Gasteiger partial charge in [0, 0.05) is 21.9 Å². The van der Waals surface area contributed by atoms with Crippen LogP contribution in [0.2, 0.25) is 0 Å². The SMILES string of the molecule is Cc1c(C(=O)c2ccccc2C(F)(F)F)n(NC(=O)CN)c2ccccc12.Cc1c(C(=O)c2ccccc2C(F)(F)F)n(NC(=O)CN)c2ccccc12. The first-order valence-corrected chi connectivity index (χ1v) is 16.1. The van der Waals surface area contributed by atoms with E-state index >= 15 is 0 Å². The number of benzene rings is 4. The predicted molar refractivity (Wildman–Crippen MR) is 190 cm³/mol. The number of hydrogen-bond acceptors (Lipinski definition) is 6. The number of nitrogens with one attached hydrogen (secondary N) is 2. The van der Waals surface area contributed by atoms with E-state index in [2.05, 4.69) is 10.9 Å². The molecule has 0 fully saturated rings. The molecule has 280 valence electrons. The first-order valence-electron chi connectivity index (χ1n) is 16.1. The topological polar surface area (TPSA) is 154 Å². The summed E-state index contributed by atoms with van der Waals surface area (Å²) < 4.78 is 82.5. The lowest BCUT2D eigenvalue weighted by Crippen LogP contribution is -2.31. The third kappa shape index (κ3) is 7.60. The van der Waals surface area contributed by atoms with E-state index in [1.807, 2.05) is 0 Å². The van der Waals surface area contributed by atoms with E-state index in [1.54, 1.807) is 62.4 Å². The minimum atomic E-state index is -4.68. The Hall–Kier alpha value is -6.26. The third-order valence-corrected chi connectivity index (χ3v) is 8.48. The Morgan fingerprint density at radius 1 is 0.537 bits per heavy atom. The lowest BCUT2D eigenvalue weighted by Gasteiger charge is -2.15. The second-order valence-corrected chi connectivity index (χ2v) is 11.9. The van der Waals surface area contributed by atoms with Crippen molar-refractivity contribution in [3.05, 3.63) is 142 Å². The fourth-order valence-corrected chi connectivity index (χ4v) is 6.03. The van der Waals surface area contributed by atoms with Crippen molar-refractivity contribution in [3.63, 3.8) is 0 Å². The van der Waals surface area contributed by atoms with E-state index in [1.165, 1.54) is 33.6 Å². The zero-order valence-corrected chi connectivity index (χ0v) is 28.6. The minimum Gasteiger partial charge on any atom is -0.322 e. The van der Waals surface area contributed by atoms with Crippen LogP contribution >= 0.6 is 0 Å². The number of aryl methyl sites for hydroxylation is 2. The second kappa shape index (κ2) is 15.4. The Kier molecular flexibility index (Phi) is 11.1. The summed E-state index contributed by atoms with van der Waals surface area (Å²) in [6.45, 7) is 2.57. The molecule has 0 spiro atoms. The van der Waals surface area contributed by atoms with Crippen molar-refractivity contribution < 1.29 is 45.5 Å². The number of para-hydroxylation sites is 2. The van der Waals surface area contributed by atoms with Crippen LogP contribution in [0.3, 0.4) is 0 Å². The number of aromatic nitrogens is 2. The maximum Gasteiger partial charge on any atom is 0.417 e. The van der Waals surface area contributed by atoms with Crippen molar-refractivity contribution >= 4 is 45.2 Å². The molecule has 2 amide bonds. The molecule has 6 aromatic rings. The highest BCUT2D eigenvalue weighted by Gasteiger charge is 2.37. The second-order valence-electron chi connectivity index (χ2n) is 11.9. The van der Waals surface area contributed by atoms with E-state index in [-0.39, 0.29) is 24.5 Å². The van der Waals surface area contributed by atoms with Gasteiger partial charge in [0.15, 0.2) is 0 Å². The molecule has 6 rings (SSSR count). The summed E-state index contributed by atoms with van der Waals surface area (Å²) in [6.07, 6.45) is -9.37. The summed E-state index contributed by atoms with van der Waals surface area (Å²) in [5.74, 6) is -2.83. The van der Waals surface area contributed by atoms with E-state index in [4.69, 9.17) is 11.5 Å². The number of nitrogens with zero attached hydrogens (tertiary/aromatic N) is 2. The number of hydrogen-bond donors (Lipinski definition) is 4. The average Bonchev–Trinajstić information content (AvgIpc) is 3.59. The number of rotatable bonds is 8. The summed E-state index contributed by atoms with van der Waals surface area (Å²) in [5, 5.41) is 1.28. The smallest absolute Gasteiger partial charge is 0.322 e. The van der Waals surface area contributed by atoms with Crippen LogP contribution in [0.1, 0.15) is 54.4 Å². The molecule has 0 saturated heterocycles. The number of fused-ring (bicyclic) bond motifs is 2. The molecule has 2 aromatic heterocycles. The molecule has 54 heavy (non-hydrogen) atoms. The number of alkyl halides is 6. The van der Waals surface area contributed by atoms with Crippen molar-refractivity contribution in [1.82, 2.24) is 9.35 Å². The predicted octanol–water partition coefficient (Wildman–Crippen LogP) is 6.46. The number of carbonyl (C=O) groups is 4. The van der Waals surface area contributed by atoms with Gasteiger partial charge in [-0.2, -0.15) is 26.3 Å². The number of nitrogens with two attached hydrogens (primary N) is 2. The van der Waals surface area contributed by atoms with Crippen LogP contribution in [0.25, 0.3) is 21.8 Å². The maximum absolute atomic E-state index is 13.3. The molecular weight excluding hydrogens is 718 g/mol. The largest absolute Gasteiger partial charge is 0.417 e. The molecule has 10 nitrogen and oxygen atoms in total. The van der Waals surface area contributed by atoms with Gasteiger partial charge in [-0.15, -0.1) is 0 Å². The molecule has 0 atom stereocenters. The fourth-order valence-electron chi connectivity index (χ4n) is 6.03. The van der Waals surface area contributed by atoms with Crippen LogP contribution in [0, 0.1) is 13.8 Å². The van der Waals surface area contributed by atoms with Crippen LogP contribution in [-0.2, 0) is 21.9 Å². The summed E-state index contributed by atoms with van der Waals surface area (Å²) in [4.78, 5) is 49.8. The Morgan fingerprint density at radius 2 is 0.852 bits per heavy atom. The molecule has 0 aliphatic rings. The monoisotopic (exact) mass is 750 g/mol. The van der Waals surface area contributed by atoms with Crippen molar-refractivity contribution in [2.75, 3.05) is 23.9 Å². The van der Waals surface area contributed by atoms with E-state index < -0.39 is 58.0 Å². The van der Waals surface area contributed by atoms with Crippen LogP contribution < -0.4 is 22.3 Å². The highest BCUT2D eigenvalue weighted by atomic mass is 19.4. The first-order chi connectivity index (χ1) is 25.5. The standard InChI is InChI=1S/2C19H16F3N3O2/c2*1-11-12-6-3-5-9-15(12)25(24-16(26)10-23)17(11)18(27)13-7-2-4-8-14(13)19(20,21)22/h2*2-9H,10,23H2,1H3,(H,24,26). The number of ketones is 2. The van der Waals surface area contributed by atoms with E-state index in [0.29, 0.717) is 32.9 Å². The Morgan fingerprint density at radius 3 is 1.19 bits per heavy atom. The summed E-state index contributed by atoms with van der Waals surface area (Å²) in [6, 6.07) is 22.8. The van der Waals surface area contributed by atoms with Crippen molar-refractivity contribution in [2.24, 2.45) is 11.5 Å². The van der Waals surface area contributed by atoms with Crippen molar-refractivity contribution in [1.29, 1.82) is 0 Å². The molecule has 0 aliphatic heterocycles. The number of carbonyl (C=O) groups excluding carboxylic acids is 4. The summed E-state index contributed by atoms with van der Waals surface area (Å²) in [7, 11) is 0. The highest BCUT2D eigenvalue weighted by molar-refractivity contribution is 6.14. The molecule has 0 saturated carbocycles. The van der Waals surface area contributed by atoms with Crippen LogP contribution in [0.15, 0.2) is 97.1 Å². The van der Waals surface area contributed by atoms with Crippen LogP contribution in [0.5, 0.6) is 0 Å². The first kappa shape index (κ1) is 39.0. The summed E-state index contributed by atoms with van der Waals surface area (Å²) in [5.41, 5.74) is 14.4. The average molecular weight is 751 g/mol. The lowest BCUT2D eigenvalue weighted by atomic mass is 9.99. The summed E-state index contributed by atoms with van der Waals surface area (Å²) >= 11 is 0. The normalized spacial score (nSPS) is 11.6. The quantitative estimate of drug-likeness (QED) is 0.104. The zero-order chi connectivity index (χ0) is 39.5. The maximum atomic E-state index is 13.3. The highest BCUT2D eigenvalue weighted by Crippen LogP contribution is 2.36. The van der Waals surface area contributed by atoms with Crippen molar-refractivity contribution in [2.45, 2.75) is 26.2 Å². The van der Waals surface area contributed by atoms with E-state index in [0.717, 1.165) is 24.3 Å². The minimum absolute atomic E-state index is 0.0466. The van der Waals surface area contributed by atoms with E-state index in [9.17, 15) is 45.5 Å². The fraction of sp³-hybridized carbons (Fsp3) is 0.158. The van der Waals surface area contributed by atoms with Gasteiger partial charge in [0.25, 0.3) is 11.8 Å². The molecule has 4 aromatic carbocycles. The molecule has 6 N–H and O–H groups in total. The van der Waals surface area contributed by atoms with Gasteiger partial charge in [0.1, 0.15) is 11.4 Å². The third-order valence-electron chi connectivity index (χ3n) is 8.48.